The van der Waals surface area contributed by atoms with Gasteiger partial charge >= 0.3 is 23.5 Å². The van der Waals surface area contributed by atoms with E-state index in [0.29, 0.717) is 0 Å². The Bertz CT molecular complexity index is 811. The van der Waals surface area contributed by atoms with Gasteiger partial charge in [0.05, 0.1) is 24.4 Å². The number of aliphatic hydroxyl groups excluding tert-OH is 2. The van der Waals surface area contributed by atoms with Crippen LogP contribution in [0.3, 0.4) is 0 Å². The lowest BCUT2D eigenvalue weighted by Gasteiger charge is -2.30. The first-order chi connectivity index (χ1) is 13.1. The van der Waals surface area contributed by atoms with Crippen LogP contribution in [-0.2, 0) is 36.4 Å². The van der Waals surface area contributed by atoms with Crippen molar-refractivity contribution in [3.05, 3.63) is 11.8 Å². The largest absolute Gasteiger partial charge is 0.490 e. The van der Waals surface area contributed by atoms with Crippen molar-refractivity contribution in [3.8, 4) is 0 Å². The summed E-state index contributed by atoms with van der Waals surface area (Å²) in [5.41, 5.74) is 0.0534. The standard InChI is InChI=1S/C10H19N2O14P3/c1-12-3-5(9(14)11-10(12)15)7-2-6(13)8(24-7)4-23-28(19,20)26-29(21,22)25-27(16,17)18/h3,6-8,10,13,15H,2,4H2,1H3,(H,11,14)(H,19,20)(H,21,22)(H2,16,17,18)/t6?,7-,8-,10?/m1/s1. The number of aliphatic hydroxyl groups is 2. The summed E-state index contributed by atoms with van der Waals surface area (Å²) in [4.78, 5) is 48.6. The van der Waals surface area contributed by atoms with Crippen LogP contribution in [0.25, 0.3) is 0 Å². The molecule has 2 aliphatic heterocycles. The van der Waals surface area contributed by atoms with Gasteiger partial charge in [-0.25, -0.2) is 13.7 Å². The maximum absolute atomic E-state index is 11.9. The number of hydrogen-bond donors (Lipinski definition) is 7. The number of carbonyl (C=O) groups excluding carboxylic acids is 1. The van der Waals surface area contributed by atoms with Crippen LogP contribution in [0.4, 0.5) is 0 Å². The molecular weight excluding hydrogens is 465 g/mol. The van der Waals surface area contributed by atoms with E-state index in [9.17, 15) is 33.6 Å². The van der Waals surface area contributed by atoms with Crippen LogP contribution in [0.15, 0.2) is 11.8 Å². The van der Waals surface area contributed by atoms with Crippen LogP contribution < -0.4 is 5.32 Å². The number of amides is 1. The van der Waals surface area contributed by atoms with Crippen LogP contribution >= 0.6 is 23.5 Å². The van der Waals surface area contributed by atoms with Crippen molar-refractivity contribution in [3.63, 3.8) is 0 Å². The van der Waals surface area contributed by atoms with Gasteiger partial charge < -0.3 is 44.7 Å². The number of ether oxygens (including phenoxy) is 1. The lowest BCUT2D eigenvalue weighted by Crippen LogP contribution is -2.50. The fourth-order valence-electron chi connectivity index (χ4n) is 2.43. The number of hydrogen-bond acceptors (Lipinski definition) is 11. The highest BCUT2D eigenvalue weighted by molar-refractivity contribution is 7.66. The van der Waals surface area contributed by atoms with Gasteiger partial charge in [-0.15, -0.1) is 0 Å². The molecule has 4 unspecified atom stereocenters. The molecule has 0 radical (unpaired) electrons. The molecular formula is C10H19N2O14P3. The molecule has 0 aromatic carbocycles. The average Bonchev–Trinajstić information content (AvgIpc) is 2.86. The van der Waals surface area contributed by atoms with E-state index in [-0.39, 0.29) is 12.0 Å². The number of carbonyl (C=O) groups is 1. The Morgan fingerprint density at radius 3 is 2.38 bits per heavy atom. The van der Waals surface area contributed by atoms with Crippen molar-refractivity contribution in [1.82, 2.24) is 10.2 Å². The van der Waals surface area contributed by atoms with Gasteiger partial charge in [-0.2, -0.15) is 8.62 Å². The summed E-state index contributed by atoms with van der Waals surface area (Å²) in [5.74, 6) is -0.665. The molecule has 2 heterocycles. The predicted octanol–water partition coefficient (Wildman–Crippen LogP) is -1.93. The molecule has 7 N–H and O–H groups in total. The third-order valence-electron chi connectivity index (χ3n) is 3.64. The molecule has 0 aromatic heterocycles. The van der Waals surface area contributed by atoms with Crippen LogP contribution in [-0.4, -0.2) is 78.9 Å². The summed E-state index contributed by atoms with van der Waals surface area (Å²) >= 11 is 0. The second-order valence-electron chi connectivity index (χ2n) is 5.95. The summed E-state index contributed by atoms with van der Waals surface area (Å²) in [6.07, 6.45) is -3.60. The van der Waals surface area contributed by atoms with E-state index >= 15 is 0 Å². The van der Waals surface area contributed by atoms with Crippen molar-refractivity contribution in [2.24, 2.45) is 0 Å². The van der Waals surface area contributed by atoms with Crippen LogP contribution in [0.2, 0.25) is 0 Å². The van der Waals surface area contributed by atoms with E-state index in [0.717, 1.165) is 0 Å². The van der Waals surface area contributed by atoms with Crippen molar-refractivity contribution < 1.29 is 66.2 Å². The molecule has 0 bridgehead atoms. The van der Waals surface area contributed by atoms with Crippen molar-refractivity contribution in [2.45, 2.75) is 31.1 Å². The topological polar surface area (TPSA) is 242 Å². The third kappa shape index (κ3) is 7.19. The highest BCUT2D eigenvalue weighted by atomic mass is 31.3. The summed E-state index contributed by atoms with van der Waals surface area (Å²) in [7, 11) is -15.1. The maximum Gasteiger partial charge on any atom is 0.490 e. The molecule has 1 saturated heterocycles. The van der Waals surface area contributed by atoms with Gasteiger partial charge in [0.1, 0.15) is 6.10 Å². The number of phosphoric ester groups is 1. The Morgan fingerprint density at radius 1 is 1.17 bits per heavy atom. The van der Waals surface area contributed by atoms with Crippen molar-refractivity contribution in [2.75, 3.05) is 13.7 Å². The minimum Gasteiger partial charge on any atom is -0.390 e. The fourth-order valence-corrected chi connectivity index (χ4v) is 5.46. The third-order valence-corrected chi connectivity index (χ3v) is 7.44. The van der Waals surface area contributed by atoms with Gasteiger partial charge in [0.2, 0.25) is 6.35 Å². The molecule has 16 nitrogen and oxygen atoms in total. The minimum atomic E-state index is -5.66. The second-order valence-corrected chi connectivity index (χ2v) is 10.4. The van der Waals surface area contributed by atoms with Crippen molar-refractivity contribution >= 4 is 29.4 Å². The summed E-state index contributed by atoms with van der Waals surface area (Å²) in [5, 5.41) is 21.7. The Balaban J connectivity index is 1.96. The van der Waals surface area contributed by atoms with Crippen molar-refractivity contribution in [1.29, 1.82) is 0 Å². The zero-order valence-corrected chi connectivity index (χ0v) is 17.2. The quantitative estimate of drug-likeness (QED) is 0.186. The van der Waals surface area contributed by atoms with E-state index in [1.807, 2.05) is 0 Å². The van der Waals surface area contributed by atoms with Crippen LogP contribution in [0, 0.1) is 0 Å². The number of nitrogens with zero attached hydrogens (tertiary/aromatic N) is 1. The lowest BCUT2D eigenvalue weighted by molar-refractivity contribution is -0.127. The number of phosphoric acid groups is 3. The molecule has 0 spiro atoms. The van der Waals surface area contributed by atoms with Crippen LogP contribution in [0.1, 0.15) is 6.42 Å². The summed E-state index contributed by atoms with van der Waals surface area (Å²) < 4.78 is 50.4. The molecule has 0 saturated carbocycles. The van der Waals surface area contributed by atoms with Gasteiger partial charge in [-0.1, -0.05) is 0 Å². The predicted molar refractivity (Wildman–Crippen MR) is 89.1 cm³/mol. The molecule has 1 amide bonds. The first-order valence-electron chi connectivity index (χ1n) is 7.63. The molecule has 168 valence electrons. The Labute approximate surface area is 163 Å². The molecule has 2 rings (SSSR count). The molecule has 1 fully saturated rings. The molecule has 0 aliphatic carbocycles. The van der Waals surface area contributed by atoms with E-state index in [1.54, 1.807) is 0 Å². The van der Waals surface area contributed by atoms with Gasteiger partial charge in [0.15, 0.2) is 0 Å². The number of rotatable bonds is 8. The van der Waals surface area contributed by atoms with Gasteiger partial charge in [-0.3, -0.25) is 9.32 Å². The number of nitrogens with one attached hydrogen (secondary N) is 1. The first-order valence-corrected chi connectivity index (χ1v) is 12.2. The first kappa shape index (κ1) is 24.6. The minimum absolute atomic E-state index is 0.0534. The second kappa shape index (κ2) is 8.81. The summed E-state index contributed by atoms with van der Waals surface area (Å²) in [6.45, 7) is -0.852. The SMILES string of the molecule is CN1C=C([C@H]2CC(O)[C@@H](COP(=O)(O)OP(=O)(O)OP(=O)(O)O)O2)C(=O)NC1O. The summed E-state index contributed by atoms with van der Waals surface area (Å²) in [6, 6.07) is 0. The van der Waals surface area contributed by atoms with E-state index in [2.05, 4.69) is 18.5 Å². The fraction of sp³-hybridized carbons (Fsp3) is 0.700. The monoisotopic (exact) mass is 484 g/mol. The molecule has 0 aromatic rings. The van der Waals surface area contributed by atoms with E-state index in [1.165, 1.54) is 18.1 Å². The van der Waals surface area contributed by atoms with Gasteiger partial charge in [0, 0.05) is 19.7 Å². The Kier molecular flexibility index (Phi) is 7.46. The van der Waals surface area contributed by atoms with Crippen LogP contribution in [0.5, 0.6) is 0 Å². The molecule has 29 heavy (non-hydrogen) atoms. The smallest absolute Gasteiger partial charge is 0.390 e. The highest BCUT2D eigenvalue weighted by Gasteiger charge is 2.44. The average molecular weight is 484 g/mol. The van der Waals surface area contributed by atoms with E-state index < -0.39 is 60.6 Å². The molecule has 2 aliphatic rings. The zero-order chi connectivity index (χ0) is 22.2. The Morgan fingerprint density at radius 2 is 1.79 bits per heavy atom. The van der Waals surface area contributed by atoms with Gasteiger partial charge in [0.25, 0.3) is 5.91 Å². The van der Waals surface area contributed by atoms with Gasteiger partial charge in [-0.05, 0) is 0 Å². The van der Waals surface area contributed by atoms with E-state index in [4.69, 9.17) is 19.4 Å². The molecule has 19 heteroatoms. The zero-order valence-electron chi connectivity index (χ0n) is 14.5. The Hall–Kier alpha value is -0.700. The normalized spacial score (nSPS) is 32.3. The maximum atomic E-state index is 11.9. The highest BCUT2D eigenvalue weighted by Crippen LogP contribution is 2.66. The lowest BCUT2D eigenvalue weighted by atomic mass is 10.0. The molecule has 6 atom stereocenters.